The Kier molecular flexibility index (Phi) is 6.56. The zero-order chi connectivity index (χ0) is 22.1. The van der Waals surface area contributed by atoms with Gasteiger partial charge in [-0.3, -0.25) is 14.9 Å². The Balaban J connectivity index is 2.08. The number of nitrogens with zero attached hydrogens (tertiary/aromatic N) is 2. The molecule has 0 N–H and O–H groups in total. The van der Waals surface area contributed by atoms with Crippen molar-refractivity contribution in [1.82, 2.24) is 4.90 Å². The molecule has 1 aromatic rings. The van der Waals surface area contributed by atoms with Gasteiger partial charge in [0.2, 0.25) is 0 Å². The molecule has 0 aromatic heterocycles. The molecule has 0 aliphatic carbocycles. The van der Waals surface area contributed by atoms with Crippen molar-refractivity contribution in [3.63, 3.8) is 0 Å². The Hall–Kier alpha value is -2.33. The number of rotatable bonds is 5. The summed E-state index contributed by atoms with van der Waals surface area (Å²) in [5.74, 6) is -1.60. The predicted molar refractivity (Wildman–Crippen MR) is 101 cm³/mol. The maximum absolute atomic E-state index is 13.6. The first-order valence-electron chi connectivity index (χ1n) is 9.28. The van der Waals surface area contributed by atoms with Gasteiger partial charge in [0.1, 0.15) is 5.75 Å². The van der Waals surface area contributed by atoms with Crippen LogP contribution in [0.2, 0.25) is 5.02 Å². The predicted octanol–water partition coefficient (Wildman–Crippen LogP) is 3.59. The van der Waals surface area contributed by atoms with Gasteiger partial charge < -0.3 is 14.4 Å². The molecule has 1 saturated heterocycles. The summed E-state index contributed by atoms with van der Waals surface area (Å²) in [7, 11) is 0. The van der Waals surface area contributed by atoms with Crippen molar-refractivity contribution in [2.24, 2.45) is 0 Å². The van der Waals surface area contributed by atoms with E-state index in [1.165, 1.54) is 31.2 Å². The summed E-state index contributed by atoms with van der Waals surface area (Å²) in [5.41, 5.74) is 0.642. The van der Waals surface area contributed by atoms with Crippen LogP contribution in [0.3, 0.4) is 0 Å². The first kappa shape index (κ1) is 22.4. The van der Waals surface area contributed by atoms with Crippen LogP contribution in [0.4, 0.5) is 13.2 Å². The monoisotopic (exact) mass is 448 g/mol. The maximum Gasteiger partial charge on any atom is 0.432 e. The van der Waals surface area contributed by atoms with Gasteiger partial charge in [0.05, 0.1) is 19.1 Å². The third kappa shape index (κ3) is 4.86. The number of allylic oxidation sites excluding steroid dienone is 2. The topological polar surface area (TPSA) is 81.9 Å². The Morgan fingerprint density at radius 3 is 2.60 bits per heavy atom. The molecule has 0 bridgehead atoms. The van der Waals surface area contributed by atoms with Crippen molar-refractivity contribution in [3.8, 4) is 5.75 Å². The Bertz CT molecular complexity index is 855. The molecule has 0 radical (unpaired) electrons. The second kappa shape index (κ2) is 8.81. The van der Waals surface area contributed by atoms with Crippen molar-refractivity contribution in [2.45, 2.75) is 37.6 Å². The number of hydrogen-bond acceptors (Lipinski definition) is 6. The number of halogens is 4. The minimum Gasteiger partial charge on any atom is -0.473 e. The van der Waals surface area contributed by atoms with Crippen LogP contribution in [-0.4, -0.2) is 60.2 Å². The zero-order valence-corrected chi connectivity index (χ0v) is 16.8. The van der Waals surface area contributed by atoms with E-state index in [0.29, 0.717) is 32.0 Å². The van der Waals surface area contributed by atoms with E-state index in [9.17, 15) is 28.1 Å². The lowest BCUT2D eigenvalue weighted by Crippen LogP contribution is -2.53. The molecule has 11 heteroatoms. The molecule has 3 atom stereocenters. The number of ketones is 1. The van der Waals surface area contributed by atoms with Crippen LogP contribution >= 0.6 is 11.6 Å². The van der Waals surface area contributed by atoms with Gasteiger partial charge in [-0.05, 0) is 31.2 Å². The standard InChI is InChI=1S/C19H20ClF3N2O5/c1-11(26)8-13(24-4-6-29-7-5-24)10-15-14-9-12(20)2-3-16(14)30-18(19(21,22)23)17(15)25(27)28/h2-3,8-9,15,17-18H,4-7,10H2,1H3/b13-8+/t15-,17+,18-/m1/s1. The highest BCUT2D eigenvalue weighted by Crippen LogP contribution is 2.46. The van der Waals surface area contributed by atoms with Crippen molar-refractivity contribution in [3.05, 3.63) is 50.7 Å². The van der Waals surface area contributed by atoms with E-state index < -0.39 is 29.2 Å². The van der Waals surface area contributed by atoms with Crippen LogP contribution in [0.25, 0.3) is 0 Å². The SMILES string of the molecule is CC(=O)/C=C(\C[C@@H]1c2cc(Cl)ccc2O[C@@H](C(F)(F)F)[C@H]1[N+](=O)[O-])N1CCOCC1. The second-order valence-electron chi connectivity index (χ2n) is 7.19. The third-order valence-corrected chi connectivity index (χ3v) is 5.37. The third-order valence-electron chi connectivity index (χ3n) is 5.13. The van der Waals surface area contributed by atoms with E-state index in [0.717, 1.165) is 0 Å². The minimum atomic E-state index is -4.95. The van der Waals surface area contributed by atoms with Crippen molar-refractivity contribution < 1.29 is 32.4 Å². The van der Waals surface area contributed by atoms with Crippen LogP contribution in [0.15, 0.2) is 30.0 Å². The van der Waals surface area contributed by atoms with Crippen molar-refractivity contribution in [1.29, 1.82) is 0 Å². The van der Waals surface area contributed by atoms with Gasteiger partial charge in [-0.25, -0.2) is 0 Å². The maximum atomic E-state index is 13.6. The van der Waals surface area contributed by atoms with Crippen LogP contribution in [0.1, 0.15) is 24.8 Å². The Labute approximate surface area is 175 Å². The summed E-state index contributed by atoms with van der Waals surface area (Å²) in [5, 5.41) is 12.0. The number of fused-ring (bicyclic) bond motifs is 1. The minimum absolute atomic E-state index is 0.103. The van der Waals surface area contributed by atoms with Gasteiger partial charge in [0.25, 0.3) is 12.1 Å². The highest BCUT2D eigenvalue weighted by atomic mass is 35.5. The smallest absolute Gasteiger partial charge is 0.432 e. The molecule has 2 aliphatic heterocycles. The molecule has 7 nitrogen and oxygen atoms in total. The molecule has 1 aromatic carbocycles. The van der Waals surface area contributed by atoms with Crippen molar-refractivity contribution >= 4 is 17.4 Å². The molecule has 0 unspecified atom stereocenters. The number of hydrogen-bond donors (Lipinski definition) is 0. The van der Waals surface area contributed by atoms with E-state index in [2.05, 4.69) is 0 Å². The lowest BCUT2D eigenvalue weighted by Gasteiger charge is -2.38. The number of ether oxygens (including phenoxy) is 2. The quantitative estimate of drug-likeness (QED) is 0.389. The number of nitro groups is 1. The average molecular weight is 449 g/mol. The molecule has 3 rings (SSSR count). The van der Waals surface area contributed by atoms with E-state index >= 15 is 0 Å². The molecule has 164 valence electrons. The summed E-state index contributed by atoms with van der Waals surface area (Å²) in [6, 6.07) is 1.94. The molecule has 2 aliphatic rings. The highest BCUT2D eigenvalue weighted by Gasteiger charge is 2.59. The van der Waals surface area contributed by atoms with Crippen LogP contribution in [0, 0.1) is 10.1 Å². The van der Waals surface area contributed by atoms with Gasteiger partial charge in [0.15, 0.2) is 5.78 Å². The number of morpholine rings is 1. The molecule has 0 spiro atoms. The number of carbonyl (C=O) groups excluding carboxylic acids is 1. The summed E-state index contributed by atoms with van der Waals surface area (Å²) >= 11 is 6.02. The van der Waals surface area contributed by atoms with Gasteiger partial charge in [0, 0.05) is 40.7 Å². The summed E-state index contributed by atoms with van der Waals surface area (Å²) in [6.07, 6.45) is -6.40. The van der Waals surface area contributed by atoms with E-state index in [1.54, 1.807) is 0 Å². The van der Waals surface area contributed by atoms with Gasteiger partial charge in [-0.15, -0.1) is 0 Å². The lowest BCUT2D eigenvalue weighted by molar-refractivity contribution is -0.548. The Morgan fingerprint density at radius 2 is 2.03 bits per heavy atom. The van der Waals surface area contributed by atoms with Gasteiger partial charge >= 0.3 is 6.18 Å². The summed E-state index contributed by atoms with van der Waals surface area (Å²) in [6.45, 7) is 2.94. The van der Waals surface area contributed by atoms with E-state index in [-0.39, 0.29) is 28.5 Å². The Morgan fingerprint density at radius 1 is 1.37 bits per heavy atom. The molecule has 0 saturated carbocycles. The van der Waals surface area contributed by atoms with Crippen LogP contribution < -0.4 is 4.74 Å². The summed E-state index contributed by atoms with van der Waals surface area (Å²) in [4.78, 5) is 24.4. The van der Waals surface area contributed by atoms with E-state index in [4.69, 9.17) is 21.1 Å². The molecular formula is C19H20ClF3N2O5. The first-order valence-corrected chi connectivity index (χ1v) is 9.66. The highest BCUT2D eigenvalue weighted by molar-refractivity contribution is 6.30. The van der Waals surface area contributed by atoms with Gasteiger partial charge in [-0.2, -0.15) is 13.2 Å². The fourth-order valence-electron chi connectivity index (χ4n) is 3.86. The molecule has 30 heavy (non-hydrogen) atoms. The first-order chi connectivity index (χ1) is 14.1. The largest absolute Gasteiger partial charge is 0.473 e. The normalized spacial score (nSPS) is 24.8. The fraction of sp³-hybridized carbons (Fsp3) is 0.526. The summed E-state index contributed by atoms with van der Waals surface area (Å²) < 4.78 is 51.3. The fourth-order valence-corrected chi connectivity index (χ4v) is 4.04. The average Bonchev–Trinajstić information content (AvgIpc) is 2.66. The molecule has 1 fully saturated rings. The molecule has 0 amide bonds. The van der Waals surface area contributed by atoms with Gasteiger partial charge in [-0.1, -0.05) is 11.6 Å². The molecular weight excluding hydrogens is 429 g/mol. The lowest BCUT2D eigenvalue weighted by atomic mass is 9.81. The van der Waals surface area contributed by atoms with Crippen molar-refractivity contribution in [2.75, 3.05) is 26.3 Å². The molecule has 2 heterocycles. The number of carbonyl (C=O) groups is 1. The van der Waals surface area contributed by atoms with Crippen LogP contribution in [-0.2, 0) is 9.53 Å². The second-order valence-corrected chi connectivity index (χ2v) is 7.63. The van der Waals surface area contributed by atoms with E-state index in [1.807, 2.05) is 4.90 Å². The number of alkyl halides is 3. The number of benzene rings is 1. The van der Waals surface area contributed by atoms with Crippen LogP contribution in [0.5, 0.6) is 5.75 Å². The zero-order valence-electron chi connectivity index (χ0n) is 16.0.